The van der Waals surface area contributed by atoms with Gasteiger partial charge in [0.1, 0.15) is 0 Å². The number of benzene rings is 1. The minimum atomic E-state index is -3.47. The monoisotopic (exact) mass is 285 g/mol. The van der Waals surface area contributed by atoms with Crippen molar-refractivity contribution >= 4 is 15.8 Å². The predicted molar refractivity (Wildman–Crippen MR) is 73.5 cm³/mol. The van der Waals surface area contributed by atoms with Gasteiger partial charge < -0.3 is 10.0 Å². The summed E-state index contributed by atoms with van der Waals surface area (Å²) in [4.78, 5) is 12.9. The number of rotatable bonds is 5. The van der Waals surface area contributed by atoms with Crippen molar-refractivity contribution in [2.24, 2.45) is 0 Å². The molecular formula is C13H19NO4S. The molecule has 106 valence electrons. The molecule has 0 aromatic heterocycles. The van der Waals surface area contributed by atoms with E-state index in [0.29, 0.717) is 17.7 Å². The van der Waals surface area contributed by atoms with Crippen molar-refractivity contribution < 1.29 is 18.3 Å². The zero-order valence-electron chi connectivity index (χ0n) is 11.6. The number of hydrogen-bond donors (Lipinski definition) is 1. The number of aromatic carboxylic acids is 1. The van der Waals surface area contributed by atoms with E-state index in [1.54, 1.807) is 32.8 Å². The van der Waals surface area contributed by atoms with E-state index in [1.807, 2.05) is 0 Å². The molecule has 0 fully saturated rings. The largest absolute Gasteiger partial charge is 0.478 e. The van der Waals surface area contributed by atoms with Crippen LogP contribution in [-0.2, 0) is 9.84 Å². The predicted octanol–water partition coefficient (Wildman–Crippen LogP) is 1.34. The smallest absolute Gasteiger partial charge is 0.335 e. The fourth-order valence-corrected chi connectivity index (χ4v) is 3.45. The van der Waals surface area contributed by atoms with Gasteiger partial charge >= 0.3 is 5.97 Å². The molecule has 0 aliphatic heterocycles. The third-order valence-corrected chi connectivity index (χ3v) is 4.82. The van der Waals surface area contributed by atoms with Gasteiger partial charge in [-0.25, -0.2) is 13.2 Å². The van der Waals surface area contributed by atoms with Gasteiger partial charge in [0.05, 0.1) is 16.2 Å². The van der Waals surface area contributed by atoms with Crippen LogP contribution < -0.4 is 0 Å². The van der Waals surface area contributed by atoms with E-state index >= 15 is 0 Å². The summed E-state index contributed by atoms with van der Waals surface area (Å²) in [7, 11) is 0.116. The lowest BCUT2D eigenvalue weighted by Crippen LogP contribution is -2.22. The summed E-state index contributed by atoms with van der Waals surface area (Å²) in [5.41, 5.74) is 1.29. The zero-order valence-corrected chi connectivity index (χ0v) is 12.4. The minimum absolute atomic E-state index is 0.00604. The van der Waals surface area contributed by atoms with Gasteiger partial charge in [-0.15, -0.1) is 0 Å². The van der Waals surface area contributed by atoms with E-state index < -0.39 is 15.8 Å². The molecule has 0 aliphatic rings. The maximum atomic E-state index is 12.3. The lowest BCUT2D eigenvalue weighted by Gasteiger charge is -2.13. The third-order valence-electron chi connectivity index (χ3n) is 3.01. The van der Waals surface area contributed by atoms with Crippen LogP contribution in [0.15, 0.2) is 17.0 Å². The van der Waals surface area contributed by atoms with E-state index in [9.17, 15) is 13.2 Å². The fourth-order valence-electron chi connectivity index (χ4n) is 1.69. The molecule has 0 amide bonds. The van der Waals surface area contributed by atoms with Crippen molar-refractivity contribution in [1.82, 2.24) is 4.90 Å². The molecule has 0 bridgehead atoms. The number of carboxylic acids is 1. The molecule has 1 N–H and O–H groups in total. The normalized spacial score (nSPS) is 11.8. The van der Waals surface area contributed by atoms with Crippen LogP contribution in [0.3, 0.4) is 0 Å². The van der Waals surface area contributed by atoms with Crippen LogP contribution in [0.1, 0.15) is 21.5 Å². The van der Waals surface area contributed by atoms with E-state index in [1.165, 1.54) is 12.1 Å². The quantitative estimate of drug-likeness (QED) is 0.883. The maximum absolute atomic E-state index is 12.3. The molecule has 1 aromatic carbocycles. The van der Waals surface area contributed by atoms with Crippen LogP contribution >= 0.6 is 0 Å². The molecule has 0 heterocycles. The minimum Gasteiger partial charge on any atom is -0.478 e. The Morgan fingerprint density at radius 3 is 2.32 bits per heavy atom. The second-order valence-electron chi connectivity index (χ2n) is 4.84. The molecule has 1 aromatic rings. The average Bonchev–Trinajstić information content (AvgIpc) is 2.29. The highest BCUT2D eigenvalue weighted by molar-refractivity contribution is 7.91. The molecule has 0 radical (unpaired) electrons. The summed E-state index contributed by atoms with van der Waals surface area (Å²) in [6, 6.07) is 2.73. The first-order valence-corrected chi connectivity index (χ1v) is 7.52. The Hall–Kier alpha value is -1.40. The molecule has 0 atom stereocenters. The highest BCUT2D eigenvalue weighted by atomic mass is 32.2. The molecular weight excluding hydrogens is 266 g/mol. The van der Waals surface area contributed by atoms with Gasteiger partial charge in [-0.05, 0) is 51.2 Å². The van der Waals surface area contributed by atoms with Crippen molar-refractivity contribution in [3.63, 3.8) is 0 Å². The van der Waals surface area contributed by atoms with E-state index in [2.05, 4.69) is 0 Å². The van der Waals surface area contributed by atoms with E-state index in [-0.39, 0.29) is 16.2 Å². The number of nitrogens with zero attached hydrogens (tertiary/aromatic N) is 1. The van der Waals surface area contributed by atoms with Gasteiger partial charge in [0, 0.05) is 6.54 Å². The van der Waals surface area contributed by atoms with Gasteiger partial charge in [0.15, 0.2) is 9.84 Å². The van der Waals surface area contributed by atoms with E-state index in [4.69, 9.17) is 5.11 Å². The Bertz CT molecular complexity index is 591. The molecule has 0 saturated heterocycles. The molecule has 0 unspecified atom stereocenters. The summed E-state index contributed by atoms with van der Waals surface area (Å²) < 4.78 is 24.5. The van der Waals surface area contributed by atoms with Crippen LogP contribution in [0.2, 0.25) is 0 Å². The zero-order chi connectivity index (χ0) is 14.8. The topological polar surface area (TPSA) is 74.7 Å². The third kappa shape index (κ3) is 3.78. The second-order valence-corrected chi connectivity index (χ2v) is 6.92. The maximum Gasteiger partial charge on any atom is 0.335 e. The van der Waals surface area contributed by atoms with Gasteiger partial charge in [-0.3, -0.25) is 0 Å². The molecule has 0 aliphatic carbocycles. The van der Waals surface area contributed by atoms with Crippen LogP contribution in [0.4, 0.5) is 0 Å². The number of hydrogen-bond acceptors (Lipinski definition) is 4. The fraction of sp³-hybridized carbons (Fsp3) is 0.462. The SMILES string of the molecule is Cc1cc(C(=O)O)cc(S(=O)(=O)CCN(C)C)c1C. The standard InChI is InChI=1S/C13H19NO4S/c1-9-7-11(13(15)16)8-12(10(9)2)19(17,18)6-5-14(3)4/h7-8H,5-6H2,1-4H3,(H,15,16). The van der Waals surface area contributed by atoms with Crippen molar-refractivity contribution in [2.45, 2.75) is 18.7 Å². The van der Waals surface area contributed by atoms with Gasteiger partial charge in [0.2, 0.25) is 0 Å². The van der Waals surface area contributed by atoms with Crippen molar-refractivity contribution in [3.05, 3.63) is 28.8 Å². The molecule has 19 heavy (non-hydrogen) atoms. The number of sulfone groups is 1. The molecule has 1 rings (SSSR count). The van der Waals surface area contributed by atoms with Crippen LogP contribution in [-0.4, -0.2) is 50.8 Å². The summed E-state index contributed by atoms with van der Waals surface area (Å²) in [6.07, 6.45) is 0. The summed E-state index contributed by atoms with van der Waals surface area (Å²) >= 11 is 0. The summed E-state index contributed by atoms with van der Waals surface area (Å²) in [5, 5.41) is 9.01. The summed E-state index contributed by atoms with van der Waals surface area (Å²) in [6.45, 7) is 3.81. The average molecular weight is 285 g/mol. The Labute approximate surface area is 113 Å². The van der Waals surface area contributed by atoms with Gasteiger partial charge in [0.25, 0.3) is 0 Å². The Morgan fingerprint density at radius 1 is 1.26 bits per heavy atom. The molecule has 0 saturated carbocycles. The first kappa shape index (κ1) is 15.7. The first-order chi connectivity index (χ1) is 8.65. The lowest BCUT2D eigenvalue weighted by molar-refractivity contribution is 0.0696. The number of carbonyl (C=O) groups is 1. The van der Waals surface area contributed by atoms with Crippen LogP contribution in [0.5, 0.6) is 0 Å². The summed E-state index contributed by atoms with van der Waals surface area (Å²) in [5.74, 6) is -1.14. The Balaban J connectivity index is 3.29. The molecule has 6 heteroatoms. The van der Waals surface area contributed by atoms with E-state index in [0.717, 1.165) is 0 Å². The van der Waals surface area contributed by atoms with Crippen LogP contribution in [0, 0.1) is 13.8 Å². The van der Waals surface area contributed by atoms with Crippen molar-refractivity contribution in [1.29, 1.82) is 0 Å². The van der Waals surface area contributed by atoms with Crippen LogP contribution in [0.25, 0.3) is 0 Å². The number of carboxylic acid groups (broad SMARTS) is 1. The molecule has 5 nitrogen and oxygen atoms in total. The highest BCUT2D eigenvalue weighted by Gasteiger charge is 2.20. The van der Waals surface area contributed by atoms with Gasteiger partial charge in [-0.1, -0.05) is 0 Å². The Morgan fingerprint density at radius 2 is 1.84 bits per heavy atom. The molecule has 0 spiro atoms. The number of aryl methyl sites for hydroxylation is 1. The van der Waals surface area contributed by atoms with Crippen molar-refractivity contribution in [3.8, 4) is 0 Å². The first-order valence-electron chi connectivity index (χ1n) is 5.87. The Kier molecular flexibility index (Phi) is 4.70. The van der Waals surface area contributed by atoms with Gasteiger partial charge in [-0.2, -0.15) is 0 Å². The highest BCUT2D eigenvalue weighted by Crippen LogP contribution is 2.22. The van der Waals surface area contributed by atoms with Crippen molar-refractivity contribution in [2.75, 3.05) is 26.4 Å². The lowest BCUT2D eigenvalue weighted by atomic mass is 10.1. The second kappa shape index (κ2) is 5.71.